The Hall–Kier alpha value is -1.42. The molecule has 4 heteroatoms. The van der Waals surface area contributed by atoms with Gasteiger partial charge >= 0.3 is 0 Å². The standard InChI is InChI=1S/C15H21N3O/c1-10(2)14-6-3-11(7-16-14)15(19)18-8-12-4-5-13(9-18)17-12/h3,6-7,10,12-13,17H,4-5,8-9H2,1-2H3. The van der Waals surface area contributed by atoms with Gasteiger partial charge < -0.3 is 10.2 Å². The number of amides is 1. The number of aromatic nitrogens is 1. The van der Waals surface area contributed by atoms with E-state index in [1.54, 1.807) is 6.20 Å². The molecule has 3 heterocycles. The zero-order chi connectivity index (χ0) is 13.4. The van der Waals surface area contributed by atoms with E-state index in [0.717, 1.165) is 18.8 Å². The van der Waals surface area contributed by atoms with E-state index in [1.807, 2.05) is 17.0 Å². The van der Waals surface area contributed by atoms with Gasteiger partial charge in [0, 0.05) is 37.1 Å². The smallest absolute Gasteiger partial charge is 0.255 e. The van der Waals surface area contributed by atoms with Gasteiger partial charge in [0.2, 0.25) is 0 Å². The Morgan fingerprint density at radius 3 is 2.53 bits per heavy atom. The SMILES string of the molecule is CC(C)c1ccc(C(=O)N2CC3CCC(C2)N3)cn1. The maximum absolute atomic E-state index is 12.5. The molecule has 0 aliphatic carbocycles. The van der Waals surface area contributed by atoms with E-state index in [2.05, 4.69) is 24.1 Å². The molecule has 2 bridgehead atoms. The average molecular weight is 259 g/mol. The number of nitrogens with one attached hydrogen (secondary N) is 1. The third-order valence-corrected chi connectivity index (χ3v) is 4.13. The lowest BCUT2D eigenvalue weighted by molar-refractivity contribution is 0.0697. The highest BCUT2D eigenvalue weighted by Gasteiger charge is 2.34. The highest BCUT2D eigenvalue weighted by atomic mass is 16.2. The van der Waals surface area contributed by atoms with Gasteiger partial charge in [0.25, 0.3) is 5.91 Å². The summed E-state index contributed by atoms with van der Waals surface area (Å²) in [5.41, 5.74) is 1.75. The van der Waals surface area contributed by atoms with E-state index in [1.165, 1.54) is 12.8 Å². The number of rotatable bonds is 2. The van der Waals surface area contributed by atoms with E-state index in [0.29, 0.717) is 23.6 Å². The van der Waals surface area contributed by atoms with Crippen molar-refractivity contribution in [3.05, 3.63) is 29.6 Å². The molecule has 102 valence electrons. The predicted molar refractivity (Wildman–Crippen MR) is 74.2 cm³/mol. The summed E-state index contributed by atoms with van der Waals surface area (Å²) in [6.45, 7) is 5.89. The molecule has 1 amide bonds. The molecule has 1 aromatic heterocycles. The Bertz CT molecular complexity index is 457. The van der Waals surface area contributed by atoms with Crippen LogP contribution in [0.4, 0.5) is 0 Å². The summed E-state index contributed by atoms with van der Waals surface area (Å²) in [5.74, 6) is 0.528. The number of carbonyl (C=O) groups excluding carboxylic acids is 1. The minimum Gasteiger partial charge on any atom is -0.335 e. The summed E-state index contributed by atoms with van der Waals surface area (Å²) in [4.78, 5) is 18.8. The van der Waals surface area contributed by atoms with Gasteiger partial charge in [-0.25, -0.2) is 0 Å². The number of hydrogen-bond donors (Lipinski definition) is 1. The Balaban J connectivity index is 1.73. The third-order valence-electron chi connectivity index (χ3n) is 4.13. The number of piperazine rings is 1. The van der Waals surface area contributed by atoms with Crippen molar-refractivity contribution in [2.75, 3.05) is 13.1 Å². The van der Waals surface area contributed by atoms with Crippen LogP contribution in [0.15, 0.2) is 18.3 Å². The maximum atomic E-state index is 12.5. The summed E-state index contributed by atoms with van der Waals surface area (Å²) in [6.07, 6.45) is 4.11. The van der Waals surface area contributed by atoms with Crippen molar-refractivity contribution in [3.63, 3.8) is 0 Å². The maximum Gasteiger partial charge on any atom is 0.255 e. The van der Waals surface area contributed by atoms with Crippen LogP contribution in [-0.2, 0) is 0 Å². The van der Waals surface area contributed by atoms with Gasteiger partial charge in [-0.05, 0) is 30.9 Å². The number of carbonyl (C=O) groups is 1. The van der Waals surface area contributed by atoms with E-state index in [4.69, 9.17) is 0 Å². The Morgan fingerprint density at radius 1 is 1.32 bits per heavy atom. The molecule has 2 fully saturated rings. The molecule has 0 spiro atoms. The van der Waals surface area contributed by atoms with E-state index < -0.39 is 0 Å². The van der Waals surface area contributed by atoms with Gasteiger partial charge in [0.05, 0.1) is 5.56 Å². The highest BCUT2D eigenvalue weighted by molar-refractivity contribution is 5.94. The van der Waals surface area contributed by atoms with E-state index in [-0.39, 0.29) is 5.91 Å². The van der Waals surface area contributed by atoms with Gasteiger partial charge in [0.1, 0.15) is 0 Å². The van der Waals surface area contributed by atoms with E-state index in [9.17, 15) is 4.79 Å². The van der Waals surface area contributed by atoms with Crippen molar-refractivity contribution in [1.29, 1.82) is 0 Å². The summed E-state index contributed by atoms with van der Waals surface area (Å²) in [5, 5.41) is 3.54. The zero-order valence-electron chi connectivity index (χ0n) is 11.6. The topological polar surface area (TPSA) is 45.2 Å². The molecule has 19 heavy (non-hydrogen) atoms. The van der Waals surface area contributed by atoms with Gasteiger partial charge in [-0.15, -0.1) is 0 Å². The molecular formula is C15H21N3O. The lowest BCUT2D eigenvalue weighted by Gasteiger charge is -2.32. The third kappa shape index (κ3) is 2.50. The first-order valence-electron chi connectivity index (χ1n) is 7.15. The van der Waals surface area contributed by atoms with Crippen molar-refractivity contribution in [2.45, 2.75) is 44.7 Å². The minimum atomic E-state index is 0.126. The number of pyridine rings is 1. The van der Waals surface area contributed by atoms with Crippen LogP contribution in [0.1, 0.15) is 48.7 Å². The summed E-state index contributed by atoms with van der Waals surface area (Å²) in [6, 6.07) is 4.86. The molecule has 2 aliphatic heterocycles. The second-order valence-corrected chi connectivity index (χ2v) is 5.97. The average Bonchev–Trinajstić information content (AvgIpc) is 2.76. The summed E-state index contributed by atoms with van der Waals surface area (Å²) >= 11 is 0. The second-order valence-electron chi connectivity index (χ2n) is 5.97. The Morgan fingerprint density at radius 2 is 2.00 bits per heavy atom. The molecule has 0 radical (unpaired) electrons. The van der Waals surface area contributed by atoms with Crippen molar-refractivity contribution in [1.82, 2.24) is 15.2 Å². The van der Waals surface area contributed by atoms with Crippen LogP contribution in [-0.4, -0.2) is 41.0 Å². The van der Waals surface area contributed by atoms with Crippen molar-refractivity contribution in [3.8, 4) is 0 Å². The van der Waals surface area contributed by atoms with Crippen LogP contribution in [0.2, 0.25) is 0 Å². The first-order valence-corrected chi connectivity index (χ1v) is 7.15. The van der Waals surface area contributed by atoms with Crippen LogP contribution < -0.4 is 5.32 Å². The molecule has 2 atom stereocenters. The largest absolute Gasteiger partial charge is 0.335 e. The first-order chi connectivity index (χ1) is 9.13. The molecule has 2 unspecified atom stereocenters. The van der Waals surface area contributed by atoms with Gasteiger partial charge in [-0.3, -0.25) is 9.78 Å². The molecule has 4 nitrogen and oxygen atoms in total. The Kier molecular flexibility index (Phi) is 3.27. The number of fused-ring (bicyclic) bond motifs is 2. The van der Waals surface area contributed by atoms with Crippen molar-refractivity contribution >= 4 is 5.91 Å². The van der Waals surface area contributed by atoms with Crippen LogP contribution in [0.5, 0.6) is 0 Å². The van der Waals surface area contributed by atoms with Crippen LogP contribution in [0, 0.1) is 0 Å². The Labute approximate surface area is 114 Å². The summed E-state index contributed by atoms with van der Waals surface area (Å²) in [7, 11) is 0. The van der Waals surface area contributed by atoms with E-state index >= 15 is 0 Å². The predicted octanol–water partition coefficient (Wildman–Crippen LogP) is 1.78. The van der Waals surface area contributed by atoms with Gasteiger partial charge in [-0.2, -0.15) is 0 Å². The molecule has 2 aliphatic rings. The molecule has 0 aromatic carbocycles. The molecule has 0 saturated carbocycles. The fraction of sp³-hybridized carbons (Fsp3) is 0.600. The van der Waals surface area contributed by atoms with Gasteiger partial charge in [0.15, 0.2) is 0 Å². The molecule has 3 rings (SSSR count). The number of likely N-dealkylation sites (tertiary alicyclic amines) is 1. The molecular weight excluding hydrogens is 238 g/mol. The lowest BCUT2D eigenvalue weighted by Crippen LogP contribution is -2.53. The highest BCUT2D eigenvalue weighted by Crippen LogP contribution is 2.21. The number of nitrogens with zero attached hydrogens (tertiary/aromatic N) is 2. The molecule has 2 saturated heterocycles. The van der Waals surface area contributed by atoms with Crippen LogP contribution in [0.25, 0.3) is 0 Å². The summed E-state index contributed by atoms with van der Waals surface area (Å²) < 4.78 is 0. The minimum absolute atomic E-state index is 0.126. The lowest BCUT2D eigenvalue weighted by atomic mass is 10.1. The molecule has 1 N–H and O–H groups in total. The normalized spacial score (nSPS) is 25.9. The van der Waals surface area contributed by atoms with Gasteiger partial charge in [-0.1, -0.05) is 13.8 Å². The first kappa shape index (κ1) is 12.6. The zero-order valence-corrected chi connectivity index (χ0v) is 11.6. The van der Waals surface area contributed by atoms with Crippen molar-refractivity contribution in [2.24, 2.45) is 0 Å². The van der Waals surface area contributed by atoms with Crippen LogP contribution >= 0.6 is 0 Å². The second kappa shape index (κ2) is 4.93. The molecule has 1 aromatic rings. The van der Waals surface area contributed by atoms with Crippen molar-refractivity contribution < 1.29 is 4.79 Å². The van der Waals surface area contributed by atoms with Crippen LogP contribution in [0.3, 0.4) is 0 Å². The fourth-order valence-electron chi connectivity index (χ4n) is 3.02. The quantitative estimate of drug-likeness (QED) is 0.880. The fourth-order valence-corrected chi connectivity index (χ4v) is 3.02. The monoisotopic (exact) mass is 259 g/mol. The number of hydrogen-bond acceptors (Lipinski definition) is 3.